The van der Waals surface area contributed by atoms with E-state index in [4.69, 9.17) is 0 Å². The van der Waals surface area contributed by atoms with Crippen molar-refractivity contribution in [3.05, 3.63) is 47.0 Å². The second kappa shape index (κ2) is 2.70. The molecular formula is C9H6N2O. The molecule has 2 heterocycles. The largest absolute Gasteiger partial charge is 0.296 e. The molecule has 3 heteroatoms. The number of rotatable bonds is 0. The summed E-state index contributed by atoms with van der Waals surface area (Å²) in [5, 5.41) is 0. The molecule has 3 nitrogen and oxygen atoms in total. The summed E-state index contributed by atoms with van der Waals surface area (Å²) >= 11 is 0. The van der Waals surface area contributed by atoms with Gasteiger partial charge >= 0.3 is 0 Å². The number of nitrogens with zero attached hydrogens (tertiary/aromatic N) is 2. The molecule has 0 unspecified atom stereocenters. The van der Waals surface area contributed by atoms with E-state index in [2.05, 4.69) is 9.97 Å². The van der Waals surface area contributed by atoms with E-state index < -0.39 is 0 Å². The lowest BCUT2D eigenvalue weighted by Crippen LogP contribution is -2.05. The minimum absolute atomic E-state index is 0.282. The summed E-state index contributed by atoms with van der Waals surface area (Å²) in [6.45, 7) is 0. The van der Waals surface area contributed by atoms with E-state index in [9.17, 15) is 4.79 Å². The molecule has 0 amide bonds. The van der Waals surface area contributed by atoms with E-state index in [-0.39, 0.29) is 5.56 Å². The molecule has 0 saturated heterocycles. The Morgan fingerprint density at radius 2 is 1.92 bits per heavy atom. The zero-order valence-electron chi connectivity index (χ0n) is 6.27. The summed E-state index contributed by atoms with van der Waals surface area (Å²) < 4.78 is 0. The highest BCUT2D eigenvalue weighted by molar-refractivity contribution is 5.58. The van der Waals surface area contributed by atoms with Gasteiger partial charge in [-0.2, -0.15) is 0 Å². The first kappa shape index (κ1) is 6.91. The number of fused-ring (bicyclic) bond motifs is 1. The van der Waals surface area contributed by atoms with Gasteiger partial charge in [-0.15, -0.1) is 0 Å². The predicted molar refractivity (Wildman–Crippen MR) is 44.9 cm³/mol. The van der Waals surface area contributed by atoms with E-state index in [1.807, 2.05) is 12.1 Å². The monoisotopic (exact) mass is 158 g/mol. The lowest BCUT2D eigenvalue weighted by Gasteiger charge is -1.86. The maximum atomic E-state index is 11.2. The first-order valence-electron chi connectivity index (χ1n) is 3.58. The minimum atomic E-state index is -0.282. The van der Waals surface area contributed by atoms with Crippen LogP contribution in [-0.4, -0.2) is 9.97 Å². The maximum absolute atomic E-state index is 11.2. The van der Waals surface area contributed by atoms with Crippen LogP contribution in [0.3, 0.4) is 0 Å². The van der Waals surface area contributed by atoms with Crippen LogP contribution in [0.2, 0.25) is 0 Å². The lowest BCUT2D eigenvalue weighted by atomic mass is 10.2. The SMILES string of the molecule is O=c1nccccc2ccnc1-2. The second-order valence-corrected chi connectivity index (χ2v) is 2.38. The highest BCUT2D eigenvalue weighted by Gasteiger charge is 2.03. The Morgan fingerprint density at radius 3 is 2.83 bits per heavy atom. The molecule has 0 atom stereocenters. The fourth-order valence-corrected chi connectivity index (χ4v) is 1.04. The summed E-state index contributed by atoms with van der Waals surface area (Å²) in [6, 6.07) is 7.17. The van der Waals surface area contributed by atoms with Crippen LogP contribution in [0.15, 0.2) is 41.5 Å². The highest BCUT2D eigenvalue weighted by atomic mass is 16.1. The van der Waals surface area contributed by atoms with Gasteiger partial charge in [-0.1, -0.05) is 12.1 Å². The molecule has 2 aliphatic rings. The van der Waals surface area contributed by atoms with Crippen molar-refractivity contribution in [3.8, 4) is 11.3 Å². The molecule has 0 saturated carbocycles. The average Bonchev–Trinajstić information content (AvgIpc) is 2.47. The summed E-state index contributed by atoms with van der Waals surface area (Å²) in [7, 11) is 0. The molecule has 0 spiro atoms. The Bertz CT molecular complexity index is 428. The van der Waals surface area contributed by atoms with Crippen molar-refractivity contribution in [1.82, 2.24) is 9.97 Å². The Kier molecular flexibility index (Phi) is 1.55. The van der Waals surface area contributed by atoms with Crippen LogP contribution < -0.4 is 5.56 Å². The molecule has 0 aromatic heterocycles. The van der Waals surface area contributed by atoms with Crippen LogP contribution in [0.1, 0.15) is 0 Å². The van der Waals surface area contributed by atoms with Crippen LogP contribution in [0.25, 0.3) is 11.3 Å². The van der Waals surface area contributed by atoms with Gasteiger partial charge in [0, 0.05) is 18.0 Å². The quantitative estimate of drug-likeness (QED) is 0.573. The second-order valence-electron chi connectivity index (χ2n) is 2.38. The summed E-state index contributed by atoms with van der Waals surface area (Å²) in [5.41, 5.74) is 0.972. The topological polar surface area (TPSA) is 42.9 Å². The van der Waals surface area contributed by atoms with Gasteiger partial charge in [-0.3, -0.25) is 9.78 Å². The highest BCUT2D eigenvalue weighted by Crippen LogP contribution is 2.11. The molecule has 2 rings (SSSR count). The fraction of sp³-hybridized carbons (Fsp3) is 0. The van der Waals surface area contributed by atoms with Crippen molar-refractivity contribution in [3.63, 3.8) is 0 Å². The van der Waals surface area contributed by atoms with Gasteiger partial charge in [-0.05, 0) is 12.1 Å². The van der Waals surface area contributed by atoms with Gasteiger partial charge < -0.3 is 0 Å². The summed E-state index contributed by atoms with van der Waals surface area (Å²) in [6.07, 6.45) is 3.07. The molecule has 0 radical (unpaired) electrons. The molecular weight excluding hydrogens is 152 g/mol. The Labute approximate surface area is 69.1 Å². The van der Waals surface area contributed by atoms with Crippen LogP contribution >= 0.6 is 0 Å². The standard InChI is InChI=1S/C9H6N2O/c12-9-8-7(4-6-10-8)3-1-2-5-11-9/h1-6H. The molecule has 12 heavy (non-hydrogen) atoms. The van der Waals surface area contributed by atoms with Crippen molar-refractivity contribution in [2.75, 3.05) is 0 Å². The Hall–Kier alpha value is -1.77. The predicted octanol–water partition coefficient (Wildman–Crippen LogP) is 0.942. The summed E-state index contributed by atoms with van der Waals surface area (Å²) in [4.78, 5) is 18.8. The van der Waals surface area contributed by atoms with E-state index in [0.29, 0.717) is 5.69 Å². The van der Waals surface area contributed by atoms with Crippen LogP contribution in [0.5, 0.6) is 0 Å². The van der Waals surface area contributed by atoms with Crippen molar-refractivity contribution in [1.29, 1.82) is 0 Å². The molecule has 0 aromatic carbocycles. The van der Waals surface area contributed by atoms with Gasteiger partial charge in [0.25, 0.3) is 5.56 Å². The van der Waals surface area contributed by atoms with E-state index in [1.54, 1.807) is 18.3 Å². The molecule has 0 bridgehead atoms. The Morgan fingerprint density at radius 1 is 1.00 bits per heavy atom. The molecule has 2 aliphatic heterocycles. The number of hydrogen-bond acceptors (Lipinski definition) is 3. The third-order valence-electron chi connectivity index (χ3n) is 1.60. The molecule has 58 valence electrons. The Balaban J connectivity index is 2.85. The van der Waals surface area contributed by atoms with Crippen molar-refractivity contribution in [2.45, 2.75) is 0 Å². The van der Waals surface area contributed by atoms with Gasteiger partial charge in [0.1, 0.15) is 5.69 Å². The molecule has 0 fully saturated rings. The molecule has 0 N–H and O–H groups in total. The smallest absolute Gasteiger partial charge is 0.265 e. The lowest BCUT2D eigenvalue weighted by molar-refractivity contribution is 1.22. The van der Waals surface area contributed by atoms with E-state index >= 15 is 0 Å². The van der Waals surface area contributed by atoms with Crippen molar-refractivity contribution in [2.24, 2.45) is 0 Å². The van der Waals surface area contributed by atoms with Crippen LogP contribution in [-0.2, 0) is 0 Å². The first-order chi connectivity index (χ1) is 5.88. The van der Waals surface area contributed by atoms with Gasteiger partial charge in [0.2, 0.25) is 0 Å². The van der Waals surface area contributed by atoms with E-state index in [1.165, 1.54) is 6.20 Å². The van der Waals surface area contributed by atoms with Crippen molar-refractivity contribution < 1.29 is 0 Å². The molecule has 0 aliphatic carbocycles. The van der Waals surface area contributed by atoms with Crippen molar-refractivity contribution >= 4 is 0 Å². The maximum Gasteiger partial charge on any atom is 0.296 e. The molecule has 0 aromatic rings. The zero-order valence-corrected chi connectivity index (χ0v) is 6.27. The van der Waals surface area contributed by atoms with Crippen LogP contribution in [0, 0.1) is 0 Å². The van der Waals surface area contributed by atoms with Gasteiger partial charge in [0.05, 0.1) is 0 Å². The minimum Gasteiger partial charge on any atom is -0.265 e. The number of aromatic nitrogens is 2. The summed E-state index contributed by atoms with van der Waals surface area (Å²) in [5.74, 6) is 0. The zero-order chi connectivity index (χ0) is 8.39. The van der Waals surface area contributed by atoms with Crippen LogP contribution in [0.4, 0.5) is 0 Å². The normalized spacial score (nSPS) is 10.0. The third-order valence-corrected chi connectivity index (χ3v) is 1.60. The first-order valence-corrected chi connectivity index (χ1v) is 3.58. The average molecular weight is 158 g/mol. The third kappa shape index (κ3) is 1.05. The van der Waals surface area contributed by atoms with Gasteiger partial charge in [0.15, 0.2) is 0 Å². The number of hydrogen-bond donors (Lipinski definition) is 0. The van der Waals surface area contributed by atoms with Gasteiger partial charge in [-0.25, -0.2) is 4.98 Å². The fourth-order valence-electron chi connectivity index (χ4n) is 1.04. The van der Waals surface area contributed by atoms with E-state index in [0.717, 1.165) is 5.56 Å².